The fourth-order valence-corrected chi connectivity index (χ4v) is 2.26. The van der Waals surface area contributed by atoms with Crippen LogP contribution in [0, 0.1) is 13.8 Å². The summed E-state index contributed by atoms with van der Waals surface area (Å²) in [6.45, 7) is 7.08. The average molecular weight is 270 g/mol. The second kappa shape index (κ2) is 6.53. The number of hydrogen-bond donors (Lipinski definition) is 1. The van der Waals surface area contributed by atoms with Crippen LogP contribution < -0.4 is 10.1 Å². The Morgan fingerprint density at radius 1 is 1.25 bits per heavy atom. The van der Waals surface area contributed by atoms with Crippen LogP contribution in [0.25, 0.3) is 0 Å². The monoisotopic (exact) mass is 270 g/mol. The maximum Gasteiger partial charge on any atom is 0.123 e. The molecule has 1 N–H and O–H groups in total. The van der Waals surface area contributed by atoms with E-state index in [1.54, 1.807) is 7.11 Å². The van der Waals surface area contributed by atoms with Crippen LogP contribution in [-0.4, -0.2) is 12.1 Å². The van der Waals surface area contributed by atoms with Crippen LogP contribution in [0.15, 0.2) is 36.5 Å². The van der Waals surface area contributed by atoms with Crippen molar-refractivity contribution in [3.05, 3.63) is 58.9 Å². The van der Waals surface area contributed by atoms with Gasteiger partial charge in [0.1, 0.15) is 5.75 Å². The van der Waals surface area contributed by atoms with Gasteiger partial charge in [-0.15, -0.1) is 0 Å². The largest absolute Gasteiger partial charge is 0.496 e. The molecule has 0 aliphatic carbocycles. The number of pyridine rings is 1. The Morgan fingerprint density at radius 2 is 2.05 bits per heavy atom. The quantitative estimate of drug-likeness (QED) is 0.902. The van der Waals surface area contributed by atoms with Crippen molar-refractivity contribution in [2.45, 2.75) is 33.4 Å². The third-order valence-corrected chi connectivity index (χ3v) is 3.55. The van der Waals surface area contributed by atoms with Gasteiger partial charge in [0, 0.05) is 24.3 Å². The third kappa shape index (κ3) is 3.36. The van der Waals surface area contributed by atoms with E-state index in [2.05, 4.69) is 49.3 Å². The molecule has 0 radical (unpaired) electrons. The first-order valence-corrected chi connectivity index (χ1v) is 6.90. The normalized spacial score (nSPS) is 12.2. The predicted molar refractivity (Wildman–Crippen MR) is 82.0 cm³/mol. The number of nitrogens with one attached hydrogen (secondary N) is 1. The maximum absolute atomic E-state index is 5.44. The minimum Gasteiger partial charge on any atom is -0.496 e. The van der Waals surface area contributed by atoms with Gasteiger partial charge in [-0.05, 0) is 38.5 Å². The van der Waals surface area contributed by atoms with Crippen LogP contribution in [0.4, 0.5) is 0 Å². The predicted octanol–water partition coefficient (Wildman–Crippen LogP) is 3.56. The van der Waals surface area contributed by atoms with Gasteiger partial charge in [0.15, 0.2) is 0 Å². The van der Waals surface area contributed by atoms with Crippen LogP contribution in [0.5, 0.6) is 5.75 Å². The fraction of sp³-hybridized carbons (Fsp3) is 0.353. The SMILES string of the molecule is COc1ccc(C)cc1C(C)NCc1ncccc1C. The van der Waals surface area contributed by atoms with E-state index in [-0.39, 0.29) is 6.04 Å². The molecule has 1 aromatic carbocycles. The summed E-state index contributed by atoms with van der Waals surface area (Å²) in [5.74, 6) is 0.924. The van der Waals surface area contributed by atoms with Crippen molar-refractivity contribution in [3.63, 3.8) is 0 Å². The van der Waals surface area contributed by atoms with Gasteiger partial charge in [-0.3, -0.25) is 4.98 Å². The first-order valence-electron chi connectivity index (χ1n) is 6.90. The van der Waals surface area contributed by atoms with Gasteiger partial charge < -0.3 is 10.1 Å². The highest BCUT2D eigenvalue weighted by atomic mass is 16.5. The van der Waals surface area contributed by atoms with E-state index in [1.165, 1.54) is 16.7 Å². The second-order valence-corrected chi connectivity index (χ2v) is 5.11. The van der Waals surface area contributed by atoms with E-state index in [1.807, 2.05) is 18.3 Å². The van der Waals surface area contributed by atoms with Gasteiger partial charge >= 0.3 is 0 Å². The molecule has 0 fully saturated rings. The van der Waals surface area contributed by atoms with Gasteiger partial charge in [-0.1, -0.05) is 23.8 Å². The minimum atomic E-state index is 0.214. The number of ether oxygens (including phenoxy) is 1. The summed E-state index contributed by atoms with van der Waals surface area (Å²) in [4.78, 5) is 4.41. The zero-order valence-corrected chi connectivity index (χ0v) is 12.6. The van der Waals surface area contributed by atoms with Crippen molar-refractivity contribution in [2.24, 2.45) is 0 Å². The summed E-state index contributed by atoms with van der Waals surface area (Å²) >= 11 is 0. The summed E-state index contributed by atoms with van der Waals surface area (Å²) in [6.07, 6.45) is 1.84. The molecule has 0 saturated carbocycles. The van der Waals surface area contributed by atoms with E-state index < -0.39 is 0 Å². The van der Waals surface area contributed by atoms with E-state index in [0.29, 0.717) is 0 Å². The van der Waals surface area contributed by atoms with Crippen LogP contribution in [0.1, 0.15) is 35.3 Å². The summed E-state index contributed by atoms with van der Waals surface area (Å²) in [6, 6.07) is 10.5. The molecule has 2 rings (SSSR count). The molecule has 0 bridgehead atoms. The number of rotatable bonds is 5. The van der Waals surface area contributed by atoms with E-state index in [0.717, 1.165) is 18.0 Å². The fourth-order valence-electron chi connectivity index (χ4n) is 2.26. The third-order valence-electron chi connectivity index (χ3n) is 3.55. The smallest absolute Gasteiger partial charge is 0.123 e. The molecule has 106 valence electrons. The van der Waals surface area contributed by atoms with Gasteiger partial charge in [0.2, 0.25) is 0 Å². The van der Waals surface area contributed by atoms with Crippen molar-refractivity contribution < 1.29 is 4.74 Å². The van der Waals surface area contributed by atoms with E-state index >= 15 is 0 Å². The zero-order valence-electron chi connectivity index (χ0n) is 12.6. The molecule has 0 spiro atoms. The molecule has 2 aromatic rings. The molecule has 1 unspecified atom stereocenters. The Bertz CT molecular complexity index is 581. The Morgan fingerprint density at radius 3 is 2.75 bits per heavy atom. The second-order valence-electron chi connectivity index (χ2n) is 5.11. The van der Waals surface area contributed by atoms with Crippen molar-refractivity contribution >= 4 is 0 Å². The molecule has 1 heterocycles. The Balaban J connectivity index is 2.11. The highest BCUT2D eigenvalue weighted by Crippen LogP contribution is 2.26. The number of hydrogen-bond acceptors (Lipinski definition) is 3. The maximum atomic E-state index is 5.44. The van der Waals surface area contributed by atoms with Crippen molar-refractivity contribution in [1.29, 1.82) is 0 Å². The van der Waals surface area contributed by atoms with Crippen LogP contribution in [0.2, 0.25) is 0 Å². The molecule has 0 aliphatic heterocycles. The summed E-state index contributed by atoms with van der Waals surface area (Å²) < 4.78 is 5.44. The molecule has 0 aliphatic rings. The van der Waals surface area contributed by atoms with Gasteiger partial charge in [0.25, 0.3) is 0 Å². The molecule has 1 atom stereocenters. The number of nitrogens with zero attached hydrogens (tertiary/aromatic N) is 1. The van der Waals surface area contributed by atoms with Gasteiger partial charge in [0.05, 0.1) is 12.8 Å². The molecule has 3 heteroatoms. The standard InChI is InChI=1S/C17H22N2O/c1-12-7-8-17(20-4)15(10-12)14(3)19-11-16-13(2)6-5-9-18-16/h5-10,14,19H,11H2,1-4H3. The topological polar surface area (TPSA) is 34.1 Å². The molecule has 1 aromatic heterocycles. The number of methoxy groups -OCH3 is 1. The Hall–Kier alpha value is -1.87. The first-order chi connectivity index (χ1) is 9.61. The lowest BCUT2D eigenvalue weighted by Crippen LogP contribution is -2.20. The molecular formula is C17H22N2O. The van der Waals surface area contributed by atoms with Crippen molar-refractivity contribution in [3.8, 4) is 5.75 Å². The van der Waals surface area contributed by atoms with Gasteiger partial charge in [-0.25, -0.2) is 0 Å². The first kappa shape index (κ1) is 14.5. The molecule has 0 amide bonds. The highest BCUT2D eigenvalue weighted by Gasteiger charge is 2.11. The van der Waals surface area contributed by atoms with Crippen LogP contribution >= 0.6 is 0 Å². The Kier molecular flexibility index (Phi) is 4.74. The summed E-state index contributed by atoms with van der Waals surface area (Å²) in [7, 11) is 1.71. The van der Waals surface area contributed by atoms with Gasteiger partial charge in [-0.2, -0.15) is 0 Å². The number of aromatic nitrogens is 1. The van der Waals surface area contributed by atoms with Crippen LogP contribution in [0.3, 0.4) is 0 Å². The summed E-state index contributed by atoms with van der Waals surface area (Å²) in [5, 5.41) is 3.52. The molecule has 3 nitrogen and oxygen atoms in total. The van der Waals surface area contributed by atoms with Crippen LogP contribution in [-0.2, 0) is 6.54 Å². The lowest BCUT2D eigenvalue weighted by molar-refractivity contribution is 0.401. The van der Waals surface area contributed by atoms with E-state index in [4.69, 9.17) is 4.74 Å². The molecular weight excluding hydrogens is 248 g/mol. The summed E-state index contributed by atoms with van der Waals surface area (Å²) in [5.41, 5.74) is 4.72. The Labute approximate surface area is 121 Å². The van der Waals surface area contributed by atoms with E-state index in [9.17, 15) is 0 Å². The number of benzene rings is 1. The average Bonchev–Trinajstić information content (AvgIpc) is 2.46. The molecule has 20 heavy (non-hydrogen) atoms. The minimum absolute atomic E-state index is 0.214. The number of aryl methyl sites for hydroxylation is 2. The zero-order chi connectivity index (χ0) is 14.5. The van der Waals surface area contributed by atoms with Crippen molar-refractivity contribution in [1.82, 2.24) is 10.3 Å². The lowest BCUT2D eigenvalue weighted by Gasteiger charge is -2.18. The molecule has 0 saturated heterocycles. The lowest BCUT2D eigenvalue weighted by atomic mass is 10.0. The highest BCUT2D eigenvalue weighted by molar-refractivity contribution is 5.39. The van der Waals surface area contributed by atoms with Crippen molar-refractivity contribution in [2.75, 3.05) is 7.11 Å².